The molecule has 0 fully saturated rings. The van der Waals surface area contributed by atoms with Crippen molar-refractivity contribution in [1.82, 2.24) is 5.32 Å². The maximum atomic E-state index is 13.3. The predicted molar refractivity (Wildman–Crippen MR) is 168 cm³/mol. The van der Waals surface area contributed by atoms with Crippen LogP contribution in [0.2, 0.25) is 5.02 Å². The molecular weight excluding hydrogens is 578 g/mol. The molecule has 41 heavy (non-hydrogen) atoms. The van der Waals surface area contributed by atoms with Crippen LogP contribution in [0.1, 0.15) is 28.6 Å². The van der Waals surface area contributed by atoms with Crippen LogP contribution >= 0.6 is 34.7 Å². The quantitative estimate of drug-likeness (QED) is 0.123. The molecular formula is C31H28ClN3O4S2. The van der Waals surface area contributed by atoms with E-state index in [4.69, 9.17) is 16.3 Å². The number of ether oxygens (including phenoxy) is 1. The monoisotopic (exact) mass is 605 g/mol. The van der Waals surface area contributed by atoms with Crippen molar-refractivity contribution in [2.45, 2.75) is 23.5 Å². The first-order valence-electron chi connectivity index (χ1n) is 12.7. The van der Waals surface area contributed by atoms with Crippen molar-refractivity contribution in [3.05, 3.63) is 111 Å². The second-order valence-corrected chi connectivity index (χ2v) is 11.4. The number of halogens is 1. The second-order valence-electron chi connectivity index (χ2n) is 8.73. The minimum absolute atomic E-state index is 0.114. The molecule has 0 bridgehead atoms. The Morgan fingerprint density at radius 1 is 0.951 bits per heavy atom. The summed E-state index contributed by atoms with van der Waals surface area (Å²) in [6.07, 6.45) is 2.22. The number of nitrogens with one attached hydrogen (secondary N) is 3. The van der Waals surface area contributed by atoms with Gasteiger partial charge in [-0.1, -0.05) is 48.9 Å². The summed E-state index contributed by atoms with van der Waals surface area (Å²) in [7, 11) is 1.53. The SMILES string of the molecule is CCC(Sc1cccc(NC(=O)/C(=C/c2cccs2)NC(=O)c2ccccc2)c1)C(=O)Nc1ccc(OC)c(Cl)c1. The Bertz CT molecular complexity index is 1540. The van der Waals surface area contributed by atoms with E-state index in [1.54, 1.807) is 66.7 Å². The Morgan fingerprint density at radius 2 is 1.73 bits per heavy atom. The number of anilines is 2. The minimum atomic E-state index is -0.467. The molecule has 1 heterocycles. The van der Waals surface area contributed by atoms with Gasteiger partial charge < -0.3 is 20.7 Å². The molecule has 1 atom stereocenters. The highest BCUT2D eigenvalue weighted by atomic mass is 35.5. The van der Waals surface area contributed by atoms with Crippen LogP contribution in [0.5, 0.6) is 5.75 Å². The number of carbonyl (C=O) groups is 3. The summed E-state index contributed by atoms with van der Waals surface area (Å²) >= 11 is 9.03. The van der Waals surface area contributed by atoms with Crippen molar-refractivity contribution in [2.24, 2.45) is 0 Å². The molecule has 10 heteroatoms. The lowest BCUT2D eigenvalue weighted by Crippen LogP contribution is -2.30. The summed E-state index contributed by atoms with van der Waals surface area (Å²) in [6.45, 7) is 1.93. The standard InChI is InChI=1S/C31H28ClN3O4S2/c1-3-28(31(38)34-22-14-15-27(39-2)25(32)18-22)41-24-12-7-11-21(17-24)33-30(37)26(19-23-13-8-16-40-23)35-29(36)20-9-5-4-6-10-20/h4-19,28H,3H2,1-2H3,(H,33,37)(H,34,38)(H,35,36)/b26-19-. The fourth-order valence-corrected chi connectivity index (χ4v) is 5.69. The minimum Gasteiger partial charge on any atom is -0.495 e. The van der Waals surface area contributed by atoms with Gasteiger partial charge in [0.1, 0.15) is 11.4 Å². The third kappa shape index (κ3) is 8.47. The lowest BCUT2D eigenvalue weighted by Gasteiger charge is -2.16. The molecule has 1 aromatic heterocycles. The van der Waals surface area contributed by atoms with Crippen LogP contribution in [0.3, 0.4) is 0 Å². The Kier molecular flexibility index (Phi) is 10.6. The number of rotatable bonds is 11. The van der Waals surface area contributed by atoms with Gasteiger partial charge in [0.15, 0.2) is 0 Å². The first kappa shape index (κ1) is 29.9. The highest BCUT2D eigenvalue weighted by Crippen LogP contribution is 2.31. The molecule has 0 radical (unpaired) electrons. The lowest BCUT2D eigenvalue weighted by atomic mass is 10.2. The average Bonchev–Trinajstić information content (AvgIpc) is 3.49. The van der Waals surface area contributed by atoms with Gasteiger partial charge in [-0.2, -0.15) is 0 Å². The topological polar surface area (TPSA) is 96.5 Å². The van der Waals surface area contributed by atoms with E-state index >= 15 is 0 Å². The zero-order valence-corrected chi connectivity index (χ0v) is 24.7. The van der Waals surface area contributed by atoms with Gasteiger partial charge in [-0.3, -0.25) is 14.4 Å². The van der Waals surface area contributed by atoms with Crippen LogP contribution in [0.4, 0.5) is 11.4 Å². The molecule has 3 aromatic carbocycles. The van der Waals surface area contributed by atoms with Gasteiger partial charge in [0.25, 0.3) is 11.8 Å². The van der Waals surface area contributed by atoms with Gasteiger partial charge in [-0.25, -0.2) is 0 Å². The van der Waals surface area contributed by atoms with Crippen molar-refractivity contribution >= 4 is 69.9 Å². The van der Waals surface area contributed by atoms with Gasteiger partial charge in [0.05, 0.1) is 17.4 Å². The van der Waals surface area contributed by atoms with Crippen molar-refractivity contribution in [2.75, 3.05) is 17.7 Å². The van der Waals surface area contributed by atoms with Crippen molar-refractivity contribution in [3.8, 4) is 5.75 Å². The van der Waals surface area contributed by atoms with E-state index in [1.807, 2.05) is 36.6 Å². The number of thioether (sulfide) groups is 1. The van der Waals surface area contributed by atoms with Crippen LogP contribution in [0, 0.1) is 0 Å². The van der Waals surface area contributed by atoms with E-state index in [2.05, 4.69) is 16.0 Å². The molecule has 0 aliphatic rings. The maximum Gasteiger partial charge on any atom is 0.272 e. The molecule has 1 unspecified atom stereocenters. The number of hydrogen-bond acceptors (Lipinski definition) is 6. The van der Waals surface area contributed by atoms with E-state index in [9.17, 15) is 14.4 Å². The van der Waals surface area contributed by atoms with Crippen LogP contribution in [-0.2, 0) is 9.59 Å². The number of thiophene rings is 1. The lowest BCUT2D eigenvalue weighted by molar-refractivity contribution is -0.116. The Morgan fingerprint density at radius 3 is 2.41 bits per heavy atom. The molecule has 0 aliphatic heterocycles. The summed E-state index contributed by atoms with van der Waals surface area (Å²) in [4.78, 5) is 40.7. The third-order valence-corrected chi connectivity index (χ3v) is 8.28. The predicted octanol–water partition coefficient (Wildman–Crippen LogP) is 7.33. The summed E-state index contributed by atoms with van der Waals surface area (Å²) < 4.78 is 5.17. The van der Waals surface area contributed by atoms with Gasteiger partial charge in [-0.05, 0) is 72.5 Å². The molecule has 3 amide bonds. The van der Waals surface area contributed by atoms with Crippen LogP contribution < -0.4 is 20.7 Å². The van der Waals surface area contributed by atoms with Gasteiger partial charge in [-0.15, -0.1) is 23.1 Å². The summed E-state index contributed by atoms with van der Waals surface area (Å²) in [5.41, 5.74) is 1.66. The van der Waals surface area contributed by atoms with E-state index in [-0.39, 0.29) is 22.8 Å². The third-order valence-electron chi connectivity index (χ3n) is 5.81. The first-order valence-corrected chi connectivity index (χ1v) is 14.8. The van der Waals surface area contributed by atoms with Crippen LogP contribution in [0.15, 0.2) is 101 Å². The normalized spacial score (nSPS) is 11.8. The highest BCUT2D eigenvalue weighted by Gasteiger charge is 2.20. The molecule has 0 saturated carbocycles. The Labute approximate surface area is 252 Å². The number of methoxy groups -OCH3 is 1. The van der Waals surface area contributed by atoms with Crippen LogP contribution in [-0.4, -0.2) is 30.1 Å². The summed E-state index contributed by atoms with van der Waals surface area (Å²) in [6, 6.07) is 24.7. The number of benzene rings is 3. The smallest absolute Gasteiger partial charge is 0.272 e. The Balaban J connectivity index is 1.45. The number of amides is 3. The summed E-state index contributed by atoms with van der Waals surface area (Å²) in [5, 5.41) is 10.4. The molecule has 7 nitrogen and oxygen atoms in total. The fraction of sp³-hybridized carbons (Fsp3) is 0.129. The maximum absolute atomic E-state index is 13.3. The van der Waals surface area contributed by atoms with Gasteiger partial charge in [0, 0.05) is 26.7 Å². The van der Waals surface area contributed by atoms with Crippen LogP contribution in [0.25, 0.3) is 6.08 Å². The van der Waals surface area contributed by atoms with Gasteiger partial charge in [0.2, 0.25) is 5.91 Å². The largest absolute Gasteiger partial charge is 0.495 e. The zero-order chi connectivity index (χ0) is 29.2. The van der Waals surface area contributed by atoms with E-state index in [1.165, 1.54) is 30.2 Å². The first-order chi connectivity index (χ1) is 19.9. The van der Waals surface area contributed by atoms with Crippen molar-refractivity contribution in [3.63, 3.8) is 0 Å². The Hall–Kier alpha value is -4.05. The number of hydrogen-bond donors (Lipinski definition) is 3. The molecule has 210 valence electrons. The molecule has 0 saturated heterocycles. The van der Waals surface area contributed by atoms with E-state index in [0.717, 1.165) is 9.77 Å². The van der Waals surface area contributed by atoms with Gasteiger partial charge >= 0.3 is 0 Å². The van der Waals surface area contributed by atoms with Crippen molar-refractivity contribution in [1.29, 1.82) is 0 Å². The molecule has 0 aliphatic carbocycles. The molecule has 4 rings (SSSR count). The summed E-state index contributed by atoms with van der Waals surface area (Å²) in [5.74, 6) is -0.496. The molecule has 3 N–H and O–H groups in total. The average molecular weight is 606 g/mol. The van der Waals surface area contributed by atoms with E-state index in [0.29, 0.717) is 34.1 Å². The van der Waals surface area contributed by atoms with Crippen molar-refractivity contribution < 1.29 is 19.1 Å². The number of carbonyl (C=O) groups excluding carboxylic acids is 3. The molecule has 4 aromatic rings. The zero-order valence-electron chi connectivity index (χ0n) is 22.3. The second kappa shape index (κ2) is 14.5. The molecule has 0 spiro atoms. The fourth-order valence-electron chi connectivity index (χ4n) is 3.76. The van der Waals surface area contributed by atoms with E-state index < -0.39 is 5.91 Å². The highest BCUT2D eigenvalue weighted by molar-refractivity contribution is 8.00.